The molecular formula is C6H10N2O5S. The highest BCUT2D eigenvalue weighted by Crippen LogP contribution is 2.47. The maximum Gasteiger partial charge on any atom is 0.418 e. The van der Waals surface area contributed by atoms with Crippen LogP contribution in [0.5, 0.6) is 0 Å². The van der Waals surface area contributed by atoms with Gasteiger partial charge in [0.25, 0.3) is 5.91 Å². The molecule has 14 heavy (non-hydrogen) atoms. The van der Waals surface area contributed by atoms with Gasteiger partial charge in [0.05, 0.1) is 5.54 Å². The topological polar surface area (TPSA) is 110 Å². The molecule has 1 amide bonds. The lowest BCUT2D eigenvalue weighted by Crippen LogP contribution is -2.80. The van der Waals surface area contributed by atoms with Gasteiger partial charge in [0, 0.05) is 0 Å². The zero-order chi connectivity index (χ0) is 10.6. The van der Waals surface area contributed by atoms with E-state index in [1.165, 1.54) is 0 Å². The number of nitrogens with two attached hydrogens (primary N) is 1. The van der Waals surface area contributed by atoms with Crippen LogP contribution < -0.4 is 5.73 Å². The normalized spacial score (nSPS) is 30.0. The summed E-state index contributed by atoms with van der Waals surface area (Å²) in [7, 11) is -4.64. The Morgan fingerprint density at radius 3 is 2.50 bits per heavy atom. The summed E-state index contributed by atoms with van der Waals surface area (Å²) >= 11 is 0. The molecule has 1 aliphatic heterocycles. The van der Waals surface area contributed by atoms with E-state index >= 15 is 0 Å². The van der Waals surface area contributed by atoms with E-state index in [1.54, 1.807) is 0 Å². The van der Waals surface area contributed by atoms with Gasteiger partial charge in [-0.25, -0.2) is 0 Å². The first-order chi connectivity index (χ1) is 6.37. The van der Waals surface area contributed by atoms with Crippen LogP contribution in [0.25, 0.3) is 0 Å². The van der Waals surface area contributed by atoms with Crippen molar-refractivity contribution in [1.82, 2.24) is 5.06 Å². The number of hydrogen-bond acceptors (Lipinski definition) is 5. The molecule has 1 saturated heterocycles. The minimum Gasteiger partial charge on any atom is -0.318 e. The maximum absolute atomic E-state index is 11.1. The SMILES string of the molecule is NC1C(=O)N(OS(=O)(=O)O)C12CCC2. The molecule has 0 aromatic carbocycles. The van der Waals surface area contributed by atoms with Crippen LogP contribution in [0.4, 0.5) is 0 Å². The van der Waals surface area contributed by atoms with Gasteiger partial charge in [0.2, 0.25) is 0 Å². The van der Waals surface area contributed by atoms with E-state index in [-0.39, 0.29) is 0 Å². The average Bonchev–Trinajstić information content (AvgIpc) is 1.97. The summed E-state index contributed by atoms with van der Waals surface area (Å²) < 4.78 is 33.4. The number of amides is 1. The lowest BCUT2D eigenvalue weighted by atomic mass is 9.66. The smallest absolute Gasteiger partial charge is 0.318 e. The van der Waals surface area contributed by atoms with Crippen LogP contribution in [-0.4, -0.2) is 35.5 Å². The molecule has 1 heterocycles. The first-order valence-electron chi connectivity index (χ1n) is 4.13. The molecule has 0 radical (unpaired) electrons. The molecule has 0 aromatic rings. The third-order valence-corrected chi connectivity index (χ3v) is 3.18. The fourth-order valence-corrected chi connectivity index (χ4v) is 2.30. The third kappa shape index (κ3) is 1.15. The Bertz CT molecular complexity index is 374. The molecular weight excluding hydrogens is 212 g/mol. The number of rotatable bonds is 2. The molecule has 7 nitrogen and oxygen atoms in total. The third-order valence-electron chi connectivity index (χ3n) is 2.84. The minimum absolute atomic E-state index is 0.607. The standard InChI is InChI=1S/C6H10N2O5S/c7-4-5(9)8(13-14(10,11)12)6(4)2-1-3-6/h4H,1-3,7H2,(H,10,11,12). The molecule has 8 heteroatoms. The van der Waals surface area contributed by atoms with Crippen molar-refractivity contribution in [1.29, 1.82) is 0 Å². The Labute approximate surface area is 80.7 Å². The van der Waals surface area contributed by atoms with Gasteiger partial charge in [-0.05, 0) is 19.3 Å². The summed E-state index contributed by atoms with van der Waals surface area (Å²) in [5.74, 6) is -0.609. The van der Waals surface area contributed by atoms with Crippen molar-refractivity contribution in [3.8, 4) is 0 Å². The van der Waals surface area contributed by atoms with Crippen LogP contribution in [0.3, 0.4) is 0 Å². The van der Waals surface area contributed by atoms with Crippen molar-refractivity contribution in [2.45, 2.75) is 30.8 Å². The van der Waals surface area contributed by atoms with E-state index in [2.05, 4.69) is 4.28 Å². The quantitative estimate of drug-likeness (QED) is 0.449. The largest absolute Gasteiger partial charge is 0.418 e. The highest BCUT2D eigenvalue weighted by Gasteiger charge is 2.64. The number of carbonyl (C=O) groups excluding carboxylic acids is 1. The van der Waals surface area contributed by atoms with E-state index in [0.717, 1.165) is 6.42 Å². The van der Waals surface area contributed by atoms with Gasteiger partial charge in [-0.1, -0.05) is 0 Å². The zero-order valence-electron chi connectivity index (χ0n) is 7.21. The zero-order valence-corrected chi connectivity index (χ0v) is 8.03. The van der Waals surface area contributed by atoms with Crippen molar-refractivity contribution in [2.75, 3.05) is 0 Å². The van der Waals surface area contributed by atoms with Gasteiger partial charge in [-0.3, -0.25) is 9.35 Å². The molecule has 80 valence electrons. The molecule has 1 spiro atoms. The Morgan fingerprint density at radius 2 is 2.14 bits per heavy atom. The first-order valence-corrected chi connectivity index (χ1v) is 5.50. The predicted molar refractivity (Wildman–Crippen MR) is 44.0 cm³/mol. The van der Waals surface area contributed by atoms with Crippen molar-refractivity contribution in [3.63, 3.8) is 0 Å². The number of β-lactam (4-membered cyclic amide) rings is 1. The molecule has 1 aliphatic carbocycles. The summed E-state index contributed by atoms with van der Waals surface area (Å²) in [5.41, 5.74) is 4.82. The van der Waals surface area contributed by atoms with Crippen LogP contribution >= 0.6 is 0 Å². The monoisotopic (exact) mass is 222 g/mol. The molecule has 1 atom stereocenters. The molecule has 1 saturated carbocycles. The second kappa shape index (κ2) is 2.66. The maximum atomic E-state index is 11.1. The molecule has 0 bridgehead atoms. The second-order valence-corrected chi connectivity index (χ2v) is 4.57. The molecule has 2 aliphatic rings. The van der Waals surface area contributed by atoms with Crippen LogP contribution in [0.15, 0.2) is 0 Å². The summed E-state index contributed by atoms with van der Waals surface area (Å²) in [5, 5.41) is 0.677. The van der Waals surface area contributed by atoms with Crippen molar-refractivity contribution < 1.29 is 22.0 Å². The van der Waals surface area contributed by atoms with Crippen molar-refractivity contribution in [3.05, 3.63) is 0 Å². The highest BCUT2D eigenvalue weighted by molar-refractivity contribution is 7.80. The summed E-state index contributed by atoms with van der Waals surface area (Å²) in [6.45, 7) is 0. The first kappa shape index (κ1) is 9.84. The van der Waals surface area contributed by atoms with E-state index in [1.807, 2.05) is 0 Å². The van der Waals surface area contributed by atoms with Crippen LogP contribution in [-0.2, 0) is 19.5 Å². The van der Waals surface area contributed by atoms with Gasteiger partial charge in [0.1, 0.15) is 6.04 Å². The average molecular weight is 222 g/mol. The minimum atomic E-state index is -4.64. The molecule has 0 aromatic heterocycles. The van der Waals surface area contributed by atoms with Gasteiger partial charge in [0.15, 0.2) is 0 Å². The summed E-state index contributed by atoms with van der Waals surface area (Å²) in [6, 6.07) is -0.710. The fourth-order valence-electron chi connectivity index (χ4n) is 1.89. The fraction of sp³-hybridized carbons (Fsp3) is 0.833. The van der Waals surface area contributed by atoms with Gasteiger partial charge in [-0.2, -0.15) is 13.5 Å². The number of nitrogens with zero attached hydrogens (tertiary/aromatic N) is 1. The molecule has 1 unspecified atom stereocenters. The van der Waals surface area contributed by atoms with E-state index in [4.69, 9.17) is 10.3 Å². The second-order valence-electron chi connectivity index (χ2n) is 3.57. The number of hydrogen-bond donors (Lipinski definition) is 2. The van der Waals surface area contributed by atoms with Crippen LogP contribution in [0.2, 0.25) is 0 Å². The lowest BCUT2D eigenvalue weighted by molar-refractivity contribution is -0.239. The predicted octanol–water partition coefficient (Wildman–Crippen LogP) is -1.19. The van der Waals surface area contributed by atoms with Crippen molar-refractivity contribution in [2.24, 2.45) is 5.73 Å². The highest BCUT2D eigenvalue weighted by atomic mass is 32.3. The van der Waals surface area contributed by atoms with Gasteiger partial charge in [-0.15, -0.1) is 4.28 Å². The van der Waals surface area contributed by atoms with Gasteiger partial charge >= 0.3 is 10.4 Å². The molecule has 3 N–H and O–H groups in total. The van der Waals surface area contributed by atoms with E-state index < -0.39 is 27.9 Å². The van der Waals surface area contributed by atoms with Crippen molar-refractivity contribution >= 4 is 16.3 Å². The lowest BCUT2D eigenvalue weighted by Gasteiger charge is -2.58. The van der Waals surface area contributed by atoms with Crippen LogP contribution in [0, 0.1) is 0 Å². The summed E-state index contributed by atoms with van der Waals surface area (Å²) in [4.78, 5) is 11.1. The molecule has 2 fully saturated rings. The Balaban J connectivity index is 2.16. The van der Waals surface area contributed by atoms with Gasteiger partial charge < -0.3 is 5.73 Å². The van der Waals surface area contributed by atoms with E-state index in [0.29, 0.717) is 17.9 Å². The Kier molecular flexibility index (Phi) is 1.87. The van der Waals surface area contributed by atoms with Crippen LogP contribution in [0.1, 0.15) is 19.3 Å². The molecule has 2 rings (SSSR count). The summed E-state index contributed by atoms with van der Waals surface area (Å²) in [6.07, 6.45) is 2.08. The Morgan fingerprint density at radius 1 is 1.57 bits per heavy atom. The number of hydroxylamine groups is 2. The number of carbonyl (C=O) groups is 1. The van der Waals surface area contributed by atoms with E-state index in [9.17, 15) is 13.2 Å². The Hall–Kier alpha value is -0.700.